The van der Waals surface area contributed by atoms with E-state index in [1.54, 1.807) is 0 Å². The van der Waals surface area contributed by atoms with Gasteiger partial charge in [0.1, 0.15) is 0 Å². The van der Waals surface area contributed by atoms with E-state index in [-0.39, 0.29) is 11.0 Å². The van der Waals surface area contributed by atoms with Crippen LogP contribution in [0.25, 0.3) is 0 Å². The van der Waals surface area contributed by atoms with E-state index in [9.17, 15) is 0 Å². The molecule has 0 amide bonds. The summed E-state index contributed by atoms with van der Waals surface area (Å²) in [5.41, 5.74) is 6.41. The van der Waals surface area contributed by atoms with Gasteiger partial charge in [0.15, 0.2) is 0 Å². The normalized spacial score (nSPS) is 19.8. The van der Waals surface area contributed by atoms with Crippen LogP contribution in [0.1, 0.15) is 36.4 Å². The molecular weight excluding hydrogens is 258 g/mol. The molecule has 78 valence electrons. The fourth-order valence-corrected chi connectivity index (χ4v) is 4.53. The molecule has 1 fully saturated rings. The lowest BCUT2D eigenvalue weighted by Crippen LogP contribution is -2.44. The molecule has 1 heterocycles. The van der Waals surface area contributed by atoms with Gasteiger partial charge in [-0.25, -0.2) is 0 Å². The SMILES string of the molecule is Cc1cc(Br)c(C2(C(C)(C)N)CC2)s1. The van der Waals surface area contributed by atoms with Crippen LogP contribution >= 0.6 is 27.3 Å². The Hall–Kier alpha value is 0.140. The molecule has 0 aromatic carbocycles. The van der Waals surface area contributed by atoms with Gasteiger partial charge in [-0.2, -0.15) is 0 Å². The summed E-state index contributed by atoms with van der Waals surface area (Å²) < 4.78 is 1.25. The summed E-state index contributed by atoms with van der Waals surface area (Å²) in [7, 11) is 0. The predicted molar refractivity (Wildman–Crippen MR) is 65.9 cm³/mol. The molecular formula is C11H16BrNS. The van der Waals surface area contributed by atoms with E-state index in [1.165, 1.54) is 27.1 Å². The molecule has 1 saturated carbocycles. The van der Waals surface area contributed by atoms with Gasteiger partial charge in [-0.05, 0) is 55.6 Å². The van der Waals surface area contributed by atoms with E-state index in [0.717, 1.165) is 0 Å². The maximum Gasteiger partial charge on any atom is 0.0323 e. The van der Waals surface area contributed by atoms with Crippen molar-refractivity contribution in [3.05, 3.63) is 20.3 Å². The highest BCUT2D eigenvalue weighted by atomic mass is 79.9. The molecule has 1 aliphatic rings. The van der Waals surface area contributed by atoms with Crippen molar-refractivity contribution in [1.82, 2.24) is 0 Å². The summed E-state index contributed by atoms with van der Waals surface area (Å²) in [6.07, 6.45) is 2.46. The zero-order chi connectivity index (χ0) is 10.6. The second kappa shape index (κ2) is 3.06. The topological polar surface area (TPSA) is 26.0 Å². The standard InChI is InChI=1S/C11H16BrNS/c1-7-6-8(12)9(14-7)11(4-5-11)10(2,3)13/h6H,4-5,13H2,1-3H3. The molecule has 2 rings (SSSR count). The summed E-state index contributed by atoms with van der Waals surface area (Å²) in [4.78, 5) is 2.81. The van der Waals surface area contributed by atoms with E-state index in [0.29, 0.717) is 0 Å². The summed E-state index contributed by atoms with van der Waals surface area (Å²) in [5, 5.41) is 0. The second-order valence-electron chi connectivity index (χ2n) is 4.84. The molecule has 1 aliphatic carbocycles. The maximum atomic E-state index is 6.27. The molecule has 2 N–H and O–H groups in total. The van der Waals surface area contributed by atoms with Gasteiger partial charge in [0, 0.05) is 25.2 Å². The molecule has 0 atom stereocenters. The number of rotatable bonds is 2. The van der Waals surface area contributed by atoms with Crippen LogP contribution < -0.4 is 5.73 Å². The largest absolute Gasteiger partial charge is 0.325 e. The highest BCUT2D eigenvalue weighted by Gasteiger charge is 2.55. The summed E-state index contributed by atoms with van der Waals surface area (Å²) in [6, 6.07) is 2.20. The predicted octanol–water partition coefficient (Wildman–Crippen LogP) is 3.59. The van der Waals surface area contributed by atoms with Crippen molar-refractivity contribution in [2.24, 2.45) is 5.73 Å². The van der Waals surface area contributed by atoms with Gasteiger partial charge in [0.05, 0.1) is 0 Å². The summed E-state index contributed by atoms with van der Waals surface area (Å²) in [6.45, 7) is 6.43. The molecule has 0 spiro atoms. The molecule has 0 aliphatic heterocycles. The lowest BCUT2D eigenvalue weighted by Gasteiger charge is -2.30. The quantitative estimate of drug-likeness (QED) is 0.876. The van der Waals surface area contributed by atoms with Crippen LogP contribution in [0.5, 0.6) is 0 Å². The Morgan fingerprint density at radius 2 is 2.07 bits per heavy atom. The number of hydrogen-bond donors (Lipinski definition) is 1. The van der Waals surface area contributed by atoms with Crippen molar-refractivity contribution >= 4 is 27.3 Å². The number of nitrogens with two attached hydrogens (primary N) is 1. The molecule has 1 aromatic heterocycles. The van der Waals surface area contributed by atoms with Crippen molar-refractivity contribution in [3.8, 4) is 0 Å². The maximum absolute atomic E-state index is 6.27. The Labute approximate surface area is 97.8 Å². The smallest absolute Gasteiger partial charge is 0.0323 e. The molecule has 0 unspecified atom stereocenters. The van der Waals surface area contributed by atoms with Gasteiger partial charge in [0.25, 0.3) is 0 Å². The minimum absolute atomic E-state index is 0.104. The minimum atomic E-state index is -0.104. The summed E-state index contributed by atoms with van der Waals surface area (Å²) >= 11 is 5.52. The van der Waals surface area contributed by atoms with Crippen molar-refractivity contribution in [2.45, 2.75) is 44.6 Å². The number of aryl methyl sites for hydroxylation is 1. The van der Waals surface area contributed by atoms with E-state index in [1.807, 2.05) is 11.3 Å². The summed E-state index contributed by atoms with van der Waals surface area (Å²) in [5.74, 6) is 0. The van der Waals surface area contributed by atoms with Crippen LogP contribution in [0, 0.1) is 6.92 Å². The monoisotopic (exact) mass is 273 g/mol. The zero-order valence-electron chi connectivity index (χ0n) is 8.86. The minimum Gasteiger partial charge on any atom is -0.325 e. The molecule has 0 radical (unpaired) electrons. The van der Waals surface area contributed by atoms with Crippen LogP contribution in [-0.2, 0) is 5.41 Å². The molecule has 3 heteroatoms. The van der Waals surface area contributed by atoms with Crippen molar-refractivity contribution in [3.63, 3.8) is 0 Å². The molecule has 0 saturated heterocycles. The first kappa shape index (κ1) is 10.7. The third kappa shape index (κ3) is 1.46. The van der Waals surface area contributed by atoms with Gasteiger partial charge in [-0.1, -0.05) is 0 Å². The molecule has 1 nitrogen and oxygen atoms in total. The van der Waals surface area contributed by atoms with Gasteiger partial charge >= 0.3 is 0 Å². The van der Waals surface area contributed by atoms with Crippen molar-refractivity contribution in [1.29, 1.82) is 0 Å². The van der Waals surface area contributed by atoms with Crippen LogP contribution in [0.3, 0.4) is 0 Å². The van der Waals surface area contributed by atoms with Crippen LogP contribution in [0.15, 0.2) is 10.5 Å². The van der Waals surface area contributed by atoms with E-state index < -0.39 is 0 Å². The lowest BCUT2D eigenvalue weighted by atomic mass is 9.84. The lowest BCUT2D eigenvalue weighted by molar-refractivity contribution is 0.396. The zero-order valence-corrected chi connectivity index (χ0v) is 11.3. The van der Waals surface area contributed by atoms with Crippen LogP contribution in [-0.4, -0.2) is 5.54 Å². The van der Waals surface area contributed by atoms with Crippen molar-refractivity contribution < 1.29 is 0 Å². The first-order chi connectivity index (χ1) is 6.37. The van der Waals surface area contributed by atoms with E-state index in [2.05, 4.69) is 42.8 Å². The van der Waals surface area contributed by atoms with E-state index in [4.69, 9.17) is 5.73 Å². The highest BCUT2D eigenvalue weighted by molar-refractivity contribution is 9.10. The molecule has 1 aromatic rings. The van der Waals surface area contributed by atoms with Gasteiger partial charge in [-0.3, -0.25) is 0 Å². The molecule has 0 bridgehead atoms. The third-order valence-corrected chi connectivity index (χ3v) is 5.37. The Kier molecular flexibility index (Phi) is 2.33. The number of thiophene rings is 1. The van der Waals surface area contributed by atoms with Crippen molar-refractivity contribution in [2.75, 3.05) is 0 Å². The Morgan fingerprint density at radius 3 is 2.36 bits per heavy atom. The fourth-order valence-electron chi connectivity index (χ4n) is 2.10. The van der Waals surface area contributed by atoms with Crippen LogP contribution in [0.2, 0.25) is 0 Å². The van der Waals surface area contributed by atoms with Crippen LogP contribution in [0.4, 0.5) is 0 Å². The van der Waals surface area contributed by atoms with E-state index >= 15 is 0 Å². The molecule has 14 heavy (non-hydrogen) atoms. The first-order valence-electron chi connectivity index (χ1n) is 4.92. The number of hydrogen-bond acceptors (Lipinski definition) is 2. The number of halogens is 1. The highest BCUT2D eigenvalue weighted by Crippen LogP contribution is 2.58. The average Bonchev–Trinajstić information content (AvgIpc) is 2.73. The van der Waals surface area contributed by atoms with Gasteiger partial charge in [0.2, 0.25) is 0 Å². The Morgan fingerprint density at radius 1 is 1.50 bits per heavy atom. The Bertz CT molecular complexity index is 358. The van der Waals surface area contributed by atoms with Gasteiger partial charge in [-0.15, -0.1) is 11.3 Å². The van der Waals surface area contributed by atoms with Gasteiger partial charge < -0.3 is 5.73 Å². The average molecular weight is 274 g/mol. The fraction of sp³-hybridized carbons (Fsp3) is 0.636. The third-order valence-electron chi connectivity index (χ3n) is 3.23. The Balaban J connectivity index is 2.45. The first-order valence-corrected chi connectivity index (χ1v) is 6.53. The second-order valence-corrected chi connectivity index (χ2v) is 6.95.